The number of carbonyl (C=O) groups is 2. The highest BCUT2D eigenvalue weighted by molar-refractivity contribution is 7.13. The summed E-state index contributed by atoms with van der Waals surface area (Å²) >= 11 is 7.25. The van der Waals surface area contributed by atoms with Gasteiger partial charge in [0.05, 0.1) is 0 Å². The van der Waals surface area contributed by atoms with Crippen LogP contribution in [0.1, 0.15) is 17.4 Å². The van der Waals surface area contributed by atoms with Crippen molar-refractivity contribution in [3.05, 3.63) is 53.0 Å². The highest BCUT2D eigenvalue weighted by Gasteiger charge is 2.20. The van der Waals surface area contributed by atoms with Gasteiger partial charge < -0.3 is 10.1 Å². The topological polar surface area (TPSA) is 68.3 Å². The molecule has 0 aliphatic carbocycles. The van der Waals surface area contributed by atoms with E-state index in [1.54, 1.807) is 23.6 Å². The van der Waals surface area contributed by atoms with Crippen LogP contribution in [0.5, 0.6) is 0 Å². The lowest BCUT2D eigenvalue weighted by molar-refractivity contribution is -0.128. The van der Waals surface area contributed by atoms with Crippen LogP contribution < -0.4 is 5.32 Å². The molecule has 0 radical (unpaired) electrons. The highest BCUT2D eigenvalue weighted by atomic mass is 35.5. The largest absolute Gasteiger partial charge is 0.448 e. The summed E-state index contributed by atoms with van der Waals surface area (Å²) in [6.07, 6.45) is 0.642. The number of amides is 1. The molecule has 1 N–H and O–H groups in total. The molecule has 0 unspecified atom stereocenters. The zero-order valence-corrected chi connectivity index (χ0v) is 14.0. The molecule has 1 aromatic heterocycles. The Morgan fingerprint density at radius 1 is 1.52 bits per heavy atom. The Kier molecular flexibility index (Phi) is 5.90. The monoisotopic (exact) mass is 350 g/mol. The van der Waals surface area contributed by atoms with Crippen LogP contribution in [0.25, 0.3) is 10.6 Å². The van der Waals surface area contributed by atoms with Crippen LogP contribution in [0.15, 0.2) is 42.3 Å². The molecule has 1 atom stereocenters. The van der Waals surface area contributed by atoms with E-state index in [0.717, 1.165) is 5.56 Å². The van der Waals surface area contributed by atoms with Crippen LogP contribution in [0.3, 0.4) is 0 Å². The van der Waals surface area contributed by atoms with Crippen molar-refractivity contribution in [2.45, 2.75) is 13.0 Å². The maximum Gasteiger partial charge on any atom is 0.358 e. The minimum Gasteiger partial charge on any atom is -0.448 e. The van der Waals surface area contributed by atoms with E-state index in [-0.39, 0.29) is 11.6 Å². The van der Waals surface area contributed by atoms with Crippen molar-refractivity contribution in [2.24, 2.45) is 0 Å². The first kappa shape index (κ1) is 17.2. The first-order valence-electron chi connectivity index (χ1n) is 6.82. The molecule has 2 rings (SSSR count). The lowest BCUT2D eigenvalue weighted by Gasteiger charge is -2.11. The number of halogens is 1. The second kappa shape index (κ2) is 7.89. The maximum atomic E-state index is 12.0. The van der Waals surface area contributed by atoms with Gasteiger partial charge in [-0.15, -0.1) is 17.9 Å². The first-order valence-corrected chi connectivity index (χ1v) is 8.08. The number of aromatic nitrogens is 1. The molecule has 5 nitrogen and oxygen atoms in total. The van der Waals surface area contributed by atoms with Crippen molar-refractivity contribution in [1.29, 1.82) is 0 Å². The Morgan fingerprint density at radius 3 is 3.00 bits per heavy atom. The Labute approximate surface area is 143 Å². The van der Waals surface area contributed by atoms with Gasteiger partial charge in [-0.2, -0.15) is 0 Å². The molecule has 1 heterocycles. The number of ether oxygens (including phenoxy) is 1. The van der Waals surface area contributed by atoms with Gasteiger partial charge in [-0.3, -0.25) is 4.79 Å². The lowest BCUT2D eigenvalue weighted by Crippen LogP contribution is -2.35. The van der Waals surface area contributed by atoms with E-state index >= 15 is 0 Å². The summed E-state index contributed by atoms with van der Waals surface area (Å²) in [6.45, 7) is 5.31. The molecule has 0 bridgehead atoms. The Balaban J connectivity index is 2.04. The summed E-state index contributed by atoms with van der Waals surface area (Å²) in [5.74, 6) is -1.03. The van der Waals surface area contributed by atoms with E-state index in [1.807, 2.05) is 12.1 Å². The SMILES string of the molecule is C=CCNC(=O)[C@@H](C)OC(=O)c1csc(-c2cccc(Cl)c2)n1. The van der Waals surface area contributed by atoms with Crippen molar-refractivity contribution in [2.75, 3.05) is 6.54 Å². The third kappa shape index (κ3) is 4.64. The minimum atomic E-state index is -0.904. The Hall–Kier alpha value is -2.18. The van der Waals surface area contributed by atoms with E-state index in [4.69, 9.17) is 16.3 Å². The molecule has 0 fully saturated rings. The van der Waals surface area contributed by atoms with Crippen molar-refractivity contribution < 1.29 is 14.3 Å². The van der Waals surface area contributed by atoms with E-state index in [9.17, 15) is 9.59 Å². The molecule has 7 heteroatoms. The van der Waals surface area contributed by atoms with Crippen LogP contribution in [0.2, 0.25) is 5.02 Å². The number of nitrogens with zero attached hydrogens (tertiary/aromatic N) is 1. The molecular weight excluding hydrogens is 336 g/mol. The van der Waals surface area contributed by atoms with Gasteiger partial charge in [-0.1, -0.05) is 29.8 Å². The fourth-order valence-electron chi connectivity index (χ4n) is 1.71. The predicted octanol–water partition coefficient (Wildman–Crippen LogP) is 3.31. The summed E-state index contributed by atoms with van der Waals surface area (Å²) in [4.78, 5) is 27.9. The number of hydrogen-bond donors (Lipinski definition) is 1. The average Bonchev–Trinajstić information content (AvgIpc) is 3.02. The van der Waals surface area contributed by atoms with Crippen LogP contribution in [0, 0.1) is 0 Å². The van der Waals surface area contributed by atoms with Crippen molar-refractivity contribution in [1.82, 2.24) is 10.3 Å². The Morgan fingerprint density at radius 2 is 2.30 bits per heavy atom. The molecule has 0 aliphatic heterocycles. The van der Waals surface area contributed by atoms with E-state index < -0.39 is 12.1 Å². The van der Waals surface area contributed by atoms with Gasteiger partial charge in [0, 0.05) is 22.5 Å². The molecular formula is C16H15ClN2O3S. The van der Waals surface area contributed by atoms with Gasteiger partial charge in [-0.25, -0.2) is 9.78 Å². The third-order valence-electron chi connectivity index (χ3n) is 2.86. The third-order valence-corrected chi connectivity index (χ3v) is 3.99. The standard InChI is InChI=1S/C16H15ClN2O3S/c1-3-7-18-14(20)10(2)22-16(21)13-9-23-15(19-13)11-5-4-6-12(17)8-11/h3-6,8-10H,1,7H2,2H3,(H,18,20)/t10-/m1/s1. The molecule has 23 heavy (non-hydrogen) atoms. The molecule has 1 amide bonds. The number of esters is 1. The molecule has 0 saturated carbocycles. The van der Waals surface area contributed by atoms with Crippen molar-refractivity contribution in [3.8, 4) is 10.6 Å². The van der Waals surface area contributed by atoms with E-state index in [1.165, 1.54) is 18.3 Å². The number of hydrogen-bond acceptors (Lipinski definition) is 5. The fraction of sp³-hybridized carbons (Fsp3) is 0.188. The Bertz CT molecular complexity index is 730. The van der Waals surface area contributed by atoms with E-state index in [0.29, 0.717) is 16.6 Å². The summed E-state index contributed by atoms with van der Waals surface area (Å²) in [5, 5.41) is 5.40. The second-order valence-corrected chi connectivity index (χ2v) is 5.92. The number of rotatable bonds is 6. The lowest BCUT2D eigenvalue weighted by atomic mass is 10.2. The molecule has 0 aliphatic rings. The zero-order chi connectivity index (χ0) is 16.8. The number of nitrogens with one attached hydrogen (secondary N) is 1. The fourth-order valence-corrected chi connectivity index (χ4v) is 2.69. The van der Waals surface area contributed by atoms with Crippen molar-refractivity contribution in [3.63, 3.8) is 0 Å². The van der Waals surface area contributed by atoms with Crippen LogP contribution in [-0.4, -0.2) is 29.5 Å². The maximum absolute atomic E-state index is 12.0. The quantitative estimate of drug-likeness (QED) is 0.641. The van der Waals surface area contributed by atoms with Gasteiger partial charge in [0.25, 0.3) is 5.91 Å². The highest BCUT2D eigenvalue weighted by Crippen LogP contribution is 2.26. The van der Waals surface area contributed by atoms with Crippen LogP contribution in [-0.2, 0) is 9.53 Å². The second-order valence-electron chi connectivity index (χ2n) is 4.63. The molecule has 0 saturated heterocycles. The minimum absolute atomic E-state index is 0.161. The molecule has 2 aromatic rings. The normalized spacial score (nSPS) is 11.6. The summed E-state index contributed by atoms with van der Waals surface area (Å²) in [6, 6.07) is 7.19. The van der Waals surface area contributed by atoms with Gasteiger partial charge in [0.1, 0.15) is 5.01 Å². The first-order chi connectivity index (χ1) is 11.0. The van der Waals surface area contributed by atoms with Crippen LogP contribution in [0.4, 0.5) is 0 Å². The van der Waals surface area contributed by atoms with Gasteiger partial charge in [-0.05, 0) is 19.1 Å². The number of benzene rings is 1. The van der Waals surface area contributed by atoms with E-state index in [2.05, 4.69) is 16.9 Å². The van der Waals surface area contributed by atoms with Gasteiger partial charge in [0.15, 0.2) is 11.8 Å². The van der Waals surface area contributed by atoms with Gasteiger partial charge in [0.2, 0.25) is 0 Å². The zero-order valence-electron chi connectivity index (χ0n) is 12.4. The molecule has 0 spiro atoms. The van der Waals surface area contributed by atoms with Crippen LogP contribution >= 0.6 is 22.9 Å². The smallest absolute Gasteiger partial charge is 0.358 e. The average molecular weight is 351 g/mol. The summed E-state index contributed by atoms with van der Waals surface area (Å²) < 4.78 is 5.10. The number of carbonyl (C=O) groups excluding carboxylic acids is 2. The molecule has 120 valence electrons. The van der Waals surface area contributed by atoms with Gasteiger partial charge >= 0.3 is 5.97 Å². The predicted molar refractivity (Wildman–Crippen MR) is 90.6 cm³/mol. The summed E-state index contributed by atoms with van der Waals surface area (Å²) in [7, 11) is 0. The molecule has 1 aromatic carbocycles. The summed E-state index contributed by atoms with van der Waals surface area (Å²) in [5.41, 5.74) is 0.978. The number of thiazole rings is 1. The van der Waals surface area contributed by atoms with Crippen molar-refractivity contribution >= 4 is 34.8 Å².